The van der Waals surface area contributed by atoms with Crippen LogP contribution in [0.4, 0.5) is 11.5 Å². The van der Waals surface area contributed by atoms with Gasteiger partial charge in [-0.1, -0.05) is 0 Å². The van der Waals surface area contributed by atoms with E-state index in [-0.39, 0.29) is 29.7 Å². The highest BCUT2D eigenvalue weighted by molar-refractivity contribution is 5.95. The molecule has 132 valence electrons. The molecule has 0 saturated carbocycles. The van der Waals surface area contributed by atoms with Crippen LogP contribution in [0.5, 0.6) is 5.75 Å². The number of carboxylic acids is 1. The first-order valence-electron chi connectivity index (χ1n) is 7.28. The van der Waals surface area contributed by atoms with Crippen molar-refractivity contribution in [3.05, 3.63) is 46.1 Å². The summed E-state index contributed by atoms with van der Waals surface area (Å²) in [7, 11) is 0. The first kappa shape index (κ1) is 17.9. The van der Waals surface area contributed by atoms with Gasteiger partial charge in [0.2, 0.25) is 5.91 Å². The summed E-state index contributed by atoms with van der Waals surface area (Å²) in [6, 6.07) is 5.28. The largest absolute Gasteiger partial charge is 0.489 e. The lowest BCUT2D eigenvalue weighted by atomic mass is 10.2. The number of nitro groups is 1. The Morgan fingerprint density at radius 3 is 2.68 bits per heavy atom. The van der Waals surface area contributed by atoms with Crippen LogP contribution < -0.4 is 10.1 Å². The van der Waals surface area contributed by atoms with Crippen LogP contribution in [-0.2, 0) is 11.3 Å². The zero-order valence-corrected chi connectivity index (χ0v) is 13.5. The number of carbonyl (C=O) groups excluding carboxylic acids is 1. The maximum absolute atomic E-state index is 12.1. The fourth-order valence-electron chi connectivity index (χ4n) is 1.99. The van der Waals surface area contributed by atoms with Crippen LogP contribution in [0.3, 0.4) is 0 Å². The maximum atomic E-state index is 12.1. The van der Waals surface area contributed by atoms with Gasteiger partial charge >= 0.3 is 11.8 Å². The molecule has 2 rings (SSSR count). The van der Waals surface area contributed by atoms with Gasteiger partial charge in [0.25, 0.3) is 0 Å². The molecule has 1 heterocycles. The first-order chi connectivity index (χ1) is 11.8. The van der Waals surface area contributed by atoms with Crippen molar-refractivity contribution in [2.24, 2.45) is 0 Å². The molecule has 0 unspecified atom stereocenters. The molecule has 10 nitrogen and oxygen atoms in total. The van der Waals surface area contributed by atoms with Crippen LogP contribution in [0.25, 0.3) is 0 Å². The normalized spacial score (nSPS) is 10.5. The lowest BCUT2D eigenvalue weighted by Crippen LogP contribution is -2.20. The predicted molar refractivity (Wildman–Crippen MR) is 86.7 cm³/mol. The minimum Gasteiger partial charge on any atom is -0.489 e. The summed E-state index contributed by atoms with van der Waals surface area (Å²) in [6.45, 7) is 3.31. The molecule has 10 heteroatoms. The van der Waals surface area contributed by atoms with Crippen LogP contribution in [0.15, 0.2) is 30.5 Å². The Morgan fingerprint density at radius 2 is 2.12 bits per heavy atom. The Kier molecular flexibility index (Phi) is 5.32. The predicted octanol–water partition coefficient (Wildman–Crippen LogP) is 1.92. The van der Waals surface area contributed by atoms with Gasteiger partial charge in [-0.25, -0.2) is 4.79 Å². The highest BCUT2D eigenvalue weighted by Crippen LogP contribution is 2.27. The monoisotopic (exact) mass is 348 g/mol. The van der Waals surface area contributed by atoms with Crippen LogP contribution in [0.2, 0.25) is 0 Å². The van der Waals surface area contributed by atoms with E-state index >= 15 is 0 Å². The topological polar surface area (TPSA) is 137 Å². The van der Waals surface area contributed by atoms with E-state index in [4.69, 9.17) is 9.84 Å². The summed E-state index contributed by atoms with van der Waals surface area (Å²) in [5, 5.41) is 25.9. The molecule has 2 N–H and O–H groups in total. The van der Waals surface area contributed by atoms with Crippen LogP contribution >= 0.6 is 0 Å². The molecule has 1 amide bonds. The van der Waals surface area contributed by atoms with Gasteiger partial charge in [-0.2, -0.15) is 4.68 Å². The third-order valence-electron chi connectivity index (χ3n) is 2.98. The number of anilines is 1. The second-order valence-electron chi connectivity index (χ2n) is 5.36. The number of aromatic nitrogens is 2. The Bertz CT molecular complexity index is 814. The van der Waals surface area contributed by atoms with Gasteiger partial charge < -0.3 is 25.3 Å². The number of carboxylic acid groups (broad SMARTS) is 1. The number of nitrogens with one attached hydrogen (secondary N) is 1. The molecule has 0 aliphatic rings. The lowest BCUT2D eigenvalue weighted by molar-refractivity contribution is -0.389. The molecule has 0 aliphatic carbocycles. The van der Waals surface area contributed by atoms with Gasteiger partial charge in [0, 0.05) is 0 Å². The highest BCUT2D eigenvalue weighted by atomic mass is 16.6. The van der Waals surface area contributed by atoms with Crippen molar-refractivity contribution in [2.75, 3.05) is 5.32 Å². The molecule has 0 atom stereocenters. The number of ether oxygens (including phenoxy) is 1. The Morgan fingerprint density at radius 1 is 1.40 bits per heavy atom. The Hall–Kier alpha value is -3.43. The number of carbonyl (C=O) groups is 2. The zero-order chi connectivity index (χ0) is 18.6. The van der Waals surface area contributed by atoms with Crippen LogP contribution in [-0.4, -0.2) is 37.8 Å². The Balaban J connectivity index is 2.18. The number of aromatic carboxylic acids is 1. The fraction of sp³-hybridized carbons (Fsp3) is 0.267. The van der Waals surface area contributed by atoms with Crippen molar-refractivity contribution >= 4 is 23.4 Å². The number of amides is 1. The van der Waals surface area contributed by atoms with Gasteiger partial charge in [-0.05, 0) is 37.0 Å². The van der Waals surface area contributed by atoms with Gasteiger partial charge in [0.15, 0.2) is 0 Å². The van der Waals surface area contributed by atoms with Crippen LogP contribution in [0, 0.1) is 10.1 Å². The molecule has 0 aliphatic heterocycles. The summed E-state index contributed by atoms with van der Waals surface area (Å²) in [5.41, 5.74) is 0.182. The summed E-state index contributed by atoms with van der Waals surface area (Å²) >= 11 is 0. The summed E-state index contributed by atoms with van der Waals surface area (Å²) in [4.78, 5) is 33.2. The number of rotatable bonds is 7. The van der Waals surface area contributed by atoms with Crippen molar-refractivity contribution in [3.8, 4) is 5.75 Å². The third-order valence-corrected chi connectivity index (χ3v) is 2.98. The van der Waals surface area contributed by atoms with E-state index in [2.05, 4.69) is 10.4 Å². The molecule has 0 spiro atoms. The minimum absolute atomic E-state index is 0.0128. The molecular formula is C15H16N4O6. The van der Waals surface area contributed by atoms with E-state index in [1.165, 1.54) is 30.5 Å². The maximum Gasteiger partial charge on any atom is 0.389 e. The van der Waals surface area contributed by atoms with Gasteiger partial charge in [0.05, 0.1) is 34.7 Å². The zero-order valence-electron chi connectivity index (χ0n) is 13.5. The first-order valence-corrected chi connectivity index (χ1v) is 7.28. The van der Waals surface area contributed by atoms with Gasteiger partial charge in [0.1, 0.15) is 12.3 Å². The highest BCUT2D eigenvalue weighted by Gasteiger charge is 2.16. The summed E-state index contributed by atoms with van der Waals surface area (Å²) in [5.74, 6) is -1.73. The minimum atomic E-state index is -1.14. The number of hydrogen-bond acceptors (Lipinski definition) is 6. The van der Waals surface area contributed by atoms with Gasteiger partial charge in [-0.15, -0.1) is 0 Å². The number of benzene rings is 1. The Labute approximate surface area is 142 Å². The van der Waals surface area contributed by atoms with E-state index in [0.717, 1.165) is 4.68 Å². The number of nitrogens with zero attached hydrogens (tertiary/aromatic N) is 3. The summed E-state index contributed by atoms with van der Waals surface area (Å²) in [6.07, 6.45) is 1.12. The van der Waals surface area contributed by atoms with Crippen molar-refractivity contribution < 1.29 is 24.4 Å². The molecule has 2 aromatic rings. The van der Waals surface area contributed by atoms with E-state index in [9.17, 15) is 19.7 Å². The van der Waals surface area contributed by atoms with Crippen molar-refractivity contribution in [2.45, 2.75) is 26.5 Å². The van der Waals surface area contributed by atoms with Crippen LogP contribution in [0.1, 0.15) is 24.2 Å². The SMILES string of the molecule is CC(C)Oc1ccc(C(=O)O)cc1NC(=O)Cn1ccc([N+](=O)[O-])n1. The van der Waals surface area contributed by atoms with E-state index < -0.39 is 16.8 Å². The van der Waals surface area contributed by atoms with Crippen molar-refractivity contribution in [1.29, 1.82) is 0 Å². The molecule has 1 aromatic carbocycles. The smallest absolute Gasteiger partial charge is 0.389 e. The van der Waals surface area contributed by atoms with E-state index in [1.807, 2.05) is 0 Å². The van der Waals surface area contributed by atoms with E-state index in [0.29, 0.717) is 5.75 Å². The molecule has 0 saturated heterocycles. The number of hydrogen-bond donors (Lipinski definition) is 2. The van der Waals surface area contributed by atoms with E-state index in [1.54, 1.807) is 13.8 Å². The van der Waals surface area contributed by atoms with Crippen molar-refractivity contribution in [1.82, 2.24) is 9.78 Å². The molecule has 0 fully saturated rings. The quantitative estimate of drug-likeness (QED) is 0.576. The average molecular weight is 348 g/mol. The van der Waals surface area contributed by atoms with Gasteiger partial charge in [-0.3, -0.25) is 4.79 Å². The molecular weight excluding hydrogens is 332 g/mol. The second-order valence-corrected chi connectivity index (χ2v) is 5.36. The summed E-state index contributed by atoms with van der Waals surface area (Å²) < 4.78 is 6.66. The van der Waals surface area contributed by atoms with Crippen molar-refractivity contribution in [3.63, 3.8) is 0 Å². The fourth-order valence-corrected chi connectivity index (χ4v) is 1.99. The molecule has 0 bridgehead atoms. The lowest BCUT2D eigenvalue weighted by Gasteiger charge is -2.15. The average Bonchev–Trinajstić information content (AvgIpc) is 2.96. The molecule has 25 heavy (non-hydrogen) atoms. The standard InChI is InChI=1S/C15H16N4O6/c1-9(2)25-12-4-3-10(15(21)22)7-11(12)16-14(20)8-18-6-5-13(17-18)19(23)24/h3-7,9H,8H2,1-2H3,(H,16,20)(H,21,22). The molecule has 0 radical (unpaired) electrons. The third kappa shape index (κ3) is 4.77. The molecule has 1 aromatic heterocycles. The second kappa shape index (κ2) is 7.43.